The lowest BCUT2D eigenvalue weighted by molar-refractivity contribution is -0.140. The molecule has 3 aromatic carbocycles. The van der Waals surface area contributed by atoms with Gasteiger partial charge in [-0.3, -0.25) is 9.69 Å². The monoisotopic (exact) mass is 509 g/mol. The summed E-state index contributed by atoms with van der Waals surface area (Å²) in [7, 11) is 1.58. The van der Waals surface area contributed by atoms with Gasteiger partial charge in [-0.2, -0.15) is 0 Å². The predicted molar refractivity (Wildman–Crippen MR) is 130 cm³/mol. The van der Waals surface area contributed by atoms with E-state index < -0.39 is 17.7 Å². The van der Waals surface area contributed by atoms with Gasteiger partial charge in [-0.25, -0.2) is 4.79 Å². The van der Waals surface area contributed by atoms with Crippen LogP contribution in [0.5, 0.6) is 5.75 Å². The van der Waals surface area contributed by atoms with Gasteiger partial charge in [0.05, 0.1) is 12.8 Å². The van der Waals surface area contributed by atoms with Crippen molar-refractivity contribution in [3.05, 3.63) is 87.9 Å². The highest BCUT2D eigenvalue weighted by Crippen LogP contribution is 2.41. The van der Waals surface area contributed by atoms with Gasteiger partial charge in [0.2, 0.25) is 0 Å². The van der Waals surface area contributed by atoms with Gasteiger partial charge in [0.25, 0.3) is 11.6 Å². The SMILES string of the molecule is CCc1ccc(N2C(=O)Nc3ccc(Br)cc3[C@]2(O)C(=O)NCc2ccc(OC)cc2)cc1. The van der Waals surface area contributed by atoms with Crippen LogP contribution in [0.15, 0.2) is 71.2 Å². The second kappa shape index (κ2) is 9.25. The maximum atomic E-state index is 13.5. The molecule has 0 aromatic heterocycles. The van der Waals surface area contributed by atoms with Crippen LogP contribution >= 0.6 is 15.9 Å². The molecule has 8 heteroatoms. The second-order valence-electron chi connectivity index (χ2n) is 7.68. The molecule has 0 bridgehead atoms. The molecule has 3 aromatic rings. The molecule has 1 aliphatic rings. The third-order valence-electron chi connectivity index (χ3n) is 5.66. The van der Waals surface area contributed by atoms with Gasteiger partial charge in [-0.1, -0.05) is 47.1 Å². The zero-order valence-corrected chi connectivity index (χ0v) is 19.8. The fourth-order valence-electron chi connectivity index (χ4n) is 3.81. The van der Waals surface area contributed by atoms with Gasteiger partial charge in [0.1, 0.15) is 5.75 Å². The van der Waals surface area contributed by atoms with E-state index in [1.165, 1.54) is 0 Å². The molecule has 1 heterocycles. The number of carbonyl (C=O) groups is 2. The van der Waals surface area contributed by atoms with Crippen LogP contribution in [-0.4, -0.2) is 24.2 Å². The third-order valence-corrected chi connectivity index (χ3v) is 6.15. The minimum atomic E-state index is -2.26. The van der Waals surface area contributed by atoms with Crippen LogP contribution in [0.25, 0.3) is 0 Å². The number of aryl methyl sites for hydroxylation is 1. The van der Waals surface area contributed by atoms with Gasteiger partial charge in [0.15, 0.2) is 0 Å². The molecule has 0 radical (unpaired) electrons. The van der Waals surface area contributed by atoms with Crippen molar-refractivity contribution in [2.45, 2.75) is 25.6 Å². The molecular formula is C25H24BrN3O4. The molecule has 4 rings (SSSR count). The average Bonchev–Trinajstić information content (AvgIpc) is 2.83. The highest BCUT2D eigenvalue weighted by atomic mass is 79.9. The first kappa shape index (κ1) is 22.8. The first-order valence-electron chi connectivity index (χ1n) is 10.5. The van der Waals surface area contributed by atoms with Crippen molar-refractivity contribution < 1.29 is 19.4 Å². The van der Waals surface area contributed by atoms with Gasteiger partial charge in [-0.05, 0) is 60.0 Å². The van der Waals surface area contributed by atoms with E-state index >= 15 is 0 Å². The normalized spacial score (nSPS) is 17.2. The molecule has 0 unspecified atom stereocenters. The highest BCUT2D eigenvalue weighted by molar-refractivity contribution is 9.10. The van der Waals surface area contributed by atoms with Crippen molar-refractivity contribution in [3.8, 4) is 5.75 Å². The van der Waals surface area contributed by atoms with Gasteiger partial charge in [0, 0.05) is 22.3 Å². The number of hydrogen-bond donors (Lipinski definition) is 3. The number of aliphatic hydroxyl groups is 1. The summed E-state index contributed by atoms with van der Waals surface area (Å²) in [5.41, 5.74) is 0.669. The number of nitrogens with one attached hydrogen (secondary N) is 2. The molecule has 1 aliphatic heterocycles. The zero-order valence-electron chi connectivity index (χ0n) is 18.3. The van der Waals surface area contributed by atoms with Crippen LogP contribution in [0.3, 0.4) is 0 Å². The number of methoxy groups -OCH3 is 1. The van der Waals surface area contributed by atoms with E-state index in [9.17, 15) is 14.7 Å². The van der Waals surface area contributed by atoms with Crippen LogP contribution < -0.4 is 20.3 Å². The summed E-state index contributed by atoms with van der Waals surface area (Å²) in [4.78, 5) is 27.7. The molecule has 1 atom stereocenters. The Balaban J connectivity index is 1.73. The Labute approximate surface area is 200 Å². The van der Waals surface area contributed by atoms with Crippen LogP contribution in [0.1, 0.15) is 23.6 Å². The van der Waals surface area contributed by atoms with Crippen molar-refractivity contribution in [2.24, 2.45) is 0 Å². The Kier molecular flexibility index (Phi) is 6.40. The summed E-state index contributed by atoms with van der Waals surface area (Å²) >= 11 is 3.40. The summed E-state index contributed by atoms with van der Waals surface area (Å²) in [6, 6.07) is 18.8. The number of benzene rings is 3. The summed E-state index contributed by atoms with van der Waals surface area (Å²) in [5, 5.41) is 17.5. The van der Waals surface area contributed by atoms with Crippen molar-refractivity contribution in [3.63, 3.8) is 0 Å². The van der Waals surface area contributed by atoms with Gasteiger partial charge >= 0.3 is 6.03 Å². The number of carbonyl (C=O) groups excluding carboxylic acids is 2. The number of fused-ring (bicyclic) bond motifs is 1. The van der Waals surface area contributed by atoms with Crippen LogP contribution in [0, 0.1) is 0 Å². The van der Waals surface area contributed by atoms with Crippen LogP contribution in [0.4, 0.5) is 16.2 Å². The lowest BCUT2D eigenvalue weighted by Gasteiger charge is -2.42. The Morgan fingerprint density at radius 2 is 1.76 bits per heavy atom. The number of amides is 3. The standard InChI is InChI=1S/C25H24BrN3O4/c1-3-16-4-9-19(10-5-16)29-24(31)28-22-13-8-18(26)14-21(22)25(29,32)23(30)27-15-17-6-11-20(33-2)12-7-17/h4-14,32H,3,15H2,1-2H3,(H,27,30)(H,28,31)/t25-/m0/s1. The van der Waals surface area contributed by atoms with Crippen LogP contribution in [-0.2, 0) is 23.5 Å². The van der Waals surface area contributed by atoms with Gasteiger partial charge in [-0.15, -0.1) is 0 Å². The molecule has 0 aliphatic carbocycles. The maximum Gasteiger partial charge on any atom is 0.329 e. The highest BCUT2D eigenvalue weighted by Gasteiger charge is 2.52. The van der Waals surface area contributed by atoms with E-state index in [2.05, 4.69) is 26.6 Å². The molecule has 3 amide bonds. The van der Waals surface area contributed by atoms with E-state index in [0.29, 0.717) is 21.6 Å². The van der Waals surface area contributed by atoms with E-state index in [-0.39, 0.29) is 12.1 Å². The molecular weight excluding hydrogens is 486 g/mol. The molecule has 170 valence electrons. The van der Waals surface area contributed by atoms with E-state index in [4.69, 9.17) is 4.74 Å². The fourth-order valence-corrected chi connectivity index (χ4v) is 4.17. The second-order valence-corrected chi connectivity index (χ2v) is 8.59. The molecule has 3 N–H and O–H groups in total. The molecule has 0 saturated carbocycles. The quantitative estimate of drug-likeness (QED) is 0.455. The van der Waals surface area contributed by atoms with Gasteiger partial charge < -0.3 is 20.5 Å². The first-order valence-corrected chi connectivity index (χ1v) is 11.3. The van der Waals surface area contributed by atoms with Crippen LogP contribution in [0.2, 0.25) is 0 Å². The smallest absolute Gasteiger partial charge is 0.329 e. The molecule has 0 fully saturated rings. The number of urea groups is 1. The summed E-state index contributed by atoms with van der Waals surface area (Å²) in [5.74, 6) is -0.0137. The average molecular weight is 510 g/mol. The fraction of sp³-hybridized carbons (Fsp3) is 0.200. The zero-order chi connectivity index (χ0) is 23.6. The summed E-state index contributed by atoms with van der Waals surface area (Å²) in [6.45, 7) is 2.19. The lowest BCUT2D eigenvalue weighted by Crippen LogP contribution is -2.62. The van der Waals surface area contributed by atoms with Crippen molar-refractivity contribution >= 4 is 39.2 Å². The Morgan fingerprint density at radius 1 is 1.09 bits per heavy atom. The summed E-state index contributed by atoms with van der Waals surface area (Å²) in [6.07, 6.45) is 0.828. The van der Waals surface area contributed by atoms with E-state index in [0.717, 1.165) is 22.4 Å². The largest absolute Gasteiger partial charge is 0.497 e. The van der Waals surface area contributed by atoms with Crippen molar-refractivity contribution in [2.75, 3.05) is 17.3 Å². The lowest BCUT2D eigenvalue weighted by atomic mass is 9.94. The van der Waals surface area contributed by atoms with E-state index in [1.54, 1.807) is 49.6 Å². The maximum absolute atomic E-state index is 13.5. The Morgan fingerprint density at radius 3 is 2.39 bits per heavy atom. The molecule has 0 saturated heterocycles. The molecule has 7 nitrogen and oxygen atoms in total. The number of ether oxygens (including phenoxy) is 1. The summed E-state index contributed by atoms with van der Waals surface area (Å²) < 4.78 is 5.83. The number of rotatable bonds is 6. The number of hydrogen-bond acceptors (Lipinski definition) is 4. The van der Waals surface area contributed by atoms with Crippen molar-refractivity contribution in [1.29, 1.82) is 0 Å². The minimum absolute atomic E-state index is 0.165. The topological polar surface area (TPSA) is 90.9 Å². The number of nitrogens with zero attached hydrogens (tertiary/aromatic N) is 1. The van der Waals surface area contributed by atoms with Crippen molar-refractivity contribution in [1.82, 2.24) is 5.32 Å². The third kappa shape index (κ3) is 4.31. The van der Waals surface area contributed by atoms with E-state index in [1.807, 2.05) is 31.2 Å². The Hall–Kier alpha value is -3.36. The Bertz CT molecular complexity index is 1180. The first-order chi connectivity index (χ1) is 15.9. The molecule has 33 heavy (non-hydrogen) atoms. The number of halogens is 1. The minimum Gasteiger partial charge on any atom is -0.497 e. The predicted octanol–water partition coefficient (Wildman–Crippen LogP) is 4.53. The molecule has 0 spiro atoms. The number of anilines is 2.